The zero-order valence-electron chi connectivity index (χ0n) is 12.2. The first-order chi connectivity index (χ1) is 11.2. The van der Waals surface area contributed by atoms with Gasteiger partial charge in [0.15, 0.2) is 0 Å². The highest BCUT2D eigenvalue weighted by molar-refractivity contribution is 7.71. The van der Waals surface area contributed by atoms with E-state index in [4.69, 9.17) is 28.6 Å². The van der Waals surface area contributed by atoms with Gasteiger partial charge in [0, 0.05) is 5.02 Å². The number of ether oxygens (including phenoxy) is 1. The molecule has 0 saturated carbocycles. The van der Waals surface area contributed by atoms with Crippen LogP contribution in [0.1, 0.15) is 11.1 Å². The van der Waals surface area contributed by atoms with Crippen molar-refractivity contribution in [1.29, 1.82) is 0 Å². The summed E-state index contributed by atoms with van der Waals surface area (Å²) in [6.45, 7) is 1.09. The lowest BCUT2D eigenvalue weighted by Gasteiger charge is -2.10. The molecule has 3 aromatic rings. The molecular weight excluding hydrogens is 332 g/mol. The van der Waals surface area contributed by atoms with Crippen molar-refractivity contribution in [2.24, 2.45) is 0 Å². The van der Waals surface area contributed by atoms with Gasteiger partial charge in [-0.3, -0.25) is 5.10 Å². The Morgan fingerprint density at radius 2 is 2.00 bits per heavy atom. The van der Waals surface area contributed by atoms with Crippen molar-refractivity contribution in [3.8, 4) is 5.75 Å². The topological polar surface area (TPSA) is 54.9 Å². The Bertz CT molecular complexity index is 846. The highest BCUT2D eigenvalue weighted by Gasteiger charge is 2.00. The number of aromatic amines is 1. The normalized spacial score (nSPS) is 10.5. The predicted molar refractivity (Wildman–Crippen MR) is 92.7 cm³/mol. The minimum absolute atomic E-state index is 0.476. The lowest BCUT2D eigenvalue weighted by molar-refractivity contribution is 0.306. The first kappa shape index (κ1) is 15.6. The van der Waals surface area contributed by atoms with Crippen LogP contribution < -0.4 is 10.2 Å². The van der Waals surface area contributed by atoms with Crippen molar-refractivity contribution in [1.82, 2.24) is 14.9 Å². The molecular formula is C16H15ClN4OS. The molecule has 0 amide bonds. The molecule has 1 heterocycles. The fourth-order valence-electron chi connectivity index (χ4n) is 2.08. The molecule has 0 saturated heterocycles. The monoisotopic (exact) mass is 346 g/mol. The molecule has 0 aliphatic rings. The predicted octanol–water partition coefficient (Wildman–Crippen LogP) is 3.92. The van der Waals surface area contributed by atoms with E-state index in [1.807, 2.05) is 48.5 Å². The Labute approximate surface area is 143 Å². The maximum absolute atomic E-state index is 5.97. The molecule has 0 aliphatic carbocycles. The molecule has 0 spiro atoms. The lowest BCUT2D eigenvalue weighted by atomic mass is 10.2. The van der Waals surface area contributed by atoms with Crippen LogP contribution >= 0.6 is 23.8 Å². The molecule has 1 aromatic heterocycles. The van der Waals surface area contributed by atoms with Crippen LogP contribution in [0.25, 0.3) is 0 Å². The van der Waals surface area contributed by atoms with Crippen LogP contribution in [0, 0.1) is 4.77 Å². The van der Waals surface area contributed by atoms with E-state index in [0.717, 1.165) is 16.9 Å². The van der Waals surface area contributed by atoms with E-state index in [-0.39, 0.29) is 0 Å². The van der Waals surface area contributed by atoms with Crippen molar-refractivity contribution in [2.75, 3.05) is 5.43 Å². The Balaban J connectivity index is 1.61. The van der Waals surface area contributed by atoms with Crippen LogP contribution in [-0.4, -0.2) is 14.9 Å². The SMILES string of the molecule is S=c1[nH]ncn1NCc1cccc(OCc2cccc(Cl)c2)c1. The molecule has 2 aromatic carbocycles. The van der Waals surface area contributed by atoms with Gasteiger partial charge in [0.25, 0.3) is 0 Å². The summed E-state index contributed by atoms with van der Waals surface area (Å²) in [5.74, 6) is 0.806. The molecule has 0 aliphatic heterocycles. The molecule has 0 radical (unpaired) electrons. The van der Waals surface area contributed by atoms with Crippen LogP contribution in [0.4, 0.5) is 0 Å². The number of halogens is 1. The Hall–Kier alpha value is -2.31. The zero-order valence-corrected chi connectivity index (χ0v) is 13.8. The van der Waals surface area contributed by atoms with E-state index in [2.05, 4.69) is 15.6 Å². The molecule has 0 unspecified atom stereocenters. The third kappa shape index (κ3) is 4.34. The molecule has 2 N–H and O–H groups in total. The van der Waals surface area contributed by atoms with Gasteiger partial charge in [0.05, 0.1) is 6.54 Å². The molecule has 3 rings (SSSR count). The van der Waals surface area contributed by atoms with Gasteiger partial charge in [0.2, 0.25) is 4.77 Å². The van der Waals surface area contributed by atoms with Gasteiger partial charge in [-0.05, 0) is 47.6 Å². The first-order valence-corrected chi connectivity index (χ1v) is 7.81. The molecule has 118 valence electrons. The number of hydrogen-bond donors (Lipinski definition) is 2. The van der Waals surface area contributed by atoms with Gasteiger partial charge < -0.3 is 10.2 Å². The third-order valence-electron chi connectivity index (χ3n) is 3.20. The standard InChI is InChI=1S/C16H15ClN4OS/c17-14-5-1-4-13(7-14)10-22-15-6-2-3-12(8-15)9-19-21-11-18-20-16(21)23/h1-8,11,19H,9-10H2,(H,20,23). The average Bonchev–Trinajstić information content (AvgIpc) is 2.97. The molecule has 5 nitrogen and oxygen atoms in total. The second-order valence-electron chi connectivity index (χ2n) is 4.93. The Kier molecular flexibility index (Phi) is 4.95. The summed E-state index contributed by atoms with van der Waals surface area (Å²) in [4.78, 5) is 0. The van der Waals surface area contributed by atoms with E-state index in [0.29, 0.717) is 22.9 Å². The summed E-state index contributed by atoms with van der Waals surface area (Å²) in [6.07, 6.45) is 1.60. The highest BCUT2D eigenvalue weighted by atomic mass is 35.5. The minimum Gasteiger partial charge on any atom is -0.489 e. The van der Waals surface area contributed by atoms with Crippen LogP contribution in [-0.2, 0) is 13.2 Å². The molecule has 0 bridgehead atoms. The summed E-state index contributed by atoms with van der Waals surface area (Å²) >= 11 is 11.1. The van der Waals surface area contributed by atoms with Crippen molar-refractivity contribution < 1.29 is 4.74 Å². The number of benzene rings is 2. The Morgan fingerprint density at radius 1 is 1.17 bits per heavy atom. The Morgan fingerprint density at radius 3 is 2.78 bits per heavy atom. The number of H-pyrrole nitrogens is 1. The number of rotatable bonds is 6. The van der Waals surface area contributed by atoms with Gasteiger partial charge >= 0.3 is 0 Å². The van der Waals surface area contributed by atoms with Crippen LogP contribution in [0.3, 0.4) is 0 Å². The zero-order chi connectivity index (χ0) is 16.1. The van der Waals surface area contributed by atoms with E-state index in [1.165, 1.54) is 0 Å². The van der Waals surface area contributed by atoms with Gasteiger partial charge in [-0.25, -0.2) is 4.68 Å². The van der Waals surface area contributed by atoms with Crippen molar-refractivity contribution in [3.63, 3.8) is 0 Å². The van der Waals surface area contributed by atoms with Gasteiger partial charge in [-0.15, -0.1) is 0 Å². The quantitative estimate of drug-likeness (QED) is 0.664. The third-order valence-corrected chi connectivity index (χ3v) is 3.72. The second-order valence-corrected chi connectivity index (χ2v) is 5.76. The maximum Gasteiger partial charge on any atom is 0.214 e. The summed E-state index contributed by atoms with van der Waals surface area (Å²) in [5.41, 5.74) is 5.28. The molecule has 7 heteroatoms. The molecule has 0 atom stereocenters. The van der Waals surface area contributed by atoms with Gasteiger partial charge in [-0.2, -0.15) is 5.10 Å². The van der Waals surface area contributed by atoms with Crippen LogP contribution in [0.15, 0.2) is 54.9 Å². The van der Waals surface area contributed by atoms with Gasteiger partial charge in [0.1, 0.15) is 18.7 Å². The summed E-state index contributed by atoms with van der Waals surface area (Å²) in [6, 6.07) is 15.5. The van der Waals surface area contributed by atoms with E-state index in [9.17, 15) is 0 Å². The van der Waals surface area contributed by atoms with Crippen molar-refractivity contribution in [3.05, 3.63) is 75.8 Å². The smallest absolute Gasteiger partial charge is 0.214 e. The number of nitrogens with one attached hydrogen (secondary N) is 2. The van der Waals surface area contributed by atoms with E-state index < -0.39 is 0 Å². The number of nitrogens with zero attached hydrogens (tertiary/aromatic N) is 2. The summed E-state index contributed by atoms with van der Waals surface area (Å²) in [7, 11) is 0. The van der Waals surface area contributed by atoms with Crippen molar-refractivity contribution >= 4 is 23.8 Å². The largest absolute Gasteiger partial charge is 0.489 e. The lowest BCUT2D eigenvalue weighted by Crippen LogP contribution is -2.13. The highest BCUT2D eigenvalue weighted by Crippen LogP contribution is 2.17. The maximum atomic E-state index is 5.97. The fraction of sp³-hybridized carbons (Fsp3) is 0.125. The summed E-state index contributed by atoms with van der Waals surface area (Å²) in [5, 5.41) is 7.26. The van der Waals surface area contributed by atoms with Crippen LogP contribution in [0.2, 0.25) is 5.02 Å². The first-order valence-electron chi connectivity index (χ1n) is 7.03. The van der Waals surface area contributed by atoms with E-state index >= 15 is 0 Å². The molecule has 0 fully saturated rings. The second kappa shape index (κ2) is 7.30. The average molecular weight is 347 g/mol. The fourth-order valence-corrected chi connectivity index (χ4v) is 2.45. The van der Waals surface area contributed by atoms with Crippen LogP contribution in [0.5, 0.6) is 5.75 Å². The summed E-state index contributed by atoms with van der Waals surface area (Å²) < 4.78 is 8.00. The van der Waals surface area contributed by atoms with Gasteiger partial charge in [-0.1, -0.05) is 35.9 Å². The number of hydrogen-bond acceptors (Lipinski definition) is 4. The molecule has 23 heavy (non-hydrogen) atoms. The van der Waals surface area contributed by atoms with E-state index in [1.54, 1.807) is 11.0 Å². The van der Waals surface area contributed by atoms with Crippen molar-refractivity contribution in [2.45, 2.75) is 13.2 Å². The number of aromatic nitrogens is 3. The minimum atomic E-state index is 0.476.